The summed E-state index contributed by atoms with van der Waals surface area (Å²) in [6, 6.07) is 62.4. The number of fused-ring (bicyclic) bond motifs is 5. The fourth-order valence-electron chi connectivity index (χ4n) is 9.20. The minimum absolute atomic E-state index is 0.0517. The number of aromatic nitrogens is 1. The molecule has 2 aliphatic rings. The molecule has 10 rings (SSSR count). The van der Waals surface area contributed by atoms with E-state index in [9.17, 15) is 0 Å². The zero-order chi connectivity index (χ0) is 35.5. The summed E-state index contributed by atoms with van der Waals surface area (Å²) in [4.78, 5) is 2.43. The quantitative estimate of drug-likeness (QED) is 0.169. The average Bonchev–Trinajstić information content (AvgIpc) is 3.67. The third-order valence-electron chi connectivity index (χ3n) is 11.9. The second-order valence-electron chi connectivity index (χ2n) is 15.2. The molecule has 0 bridgehead atoms. The Hall–Kier alpha value is -6.12. The Balaban J connectivity index is 1.06. The topological polar surface area (TPSA) is 8.17 Å². The van der Waals surface area contributed by atoms with Gasteiger partial charge in [0, 0.05) is 38.9 Å². The Kier molecular flexibility index (Phi) is 7.47. The molecule has 0 amide bonds. The first kappa shape index (κ1) is 31.6. The van der Waals surface area contributed by atoms with Crippen molar-refractivity contribution in [2.75, 3.05) is 4.90 Å². The van der Waals surface area contributed by atoms with Crippen LogP contribution in [0.4, 0.5) is 17.1 Å². The SMILES string of the molecule is CC1(C)C2=C(CCCC2)c2ccc(N(c3ccc(-c4ccccc4)cc3)c3ccc(-c4ccc5c(c4)c4ccccc4n5-c4ccccc4)cc3)cc21. The number of allylic oxidation sites excluding steroid dienone is 2. The molecule has 7 aromatic carbocycles. The first-order chi connectivity index (χ1) is 26.0. The van der Waals surface area contributed by atoms with Gasteiger partial charge in [0.15, 0.2) is 0 Å². The van der Waals surface area contributed by atoms with Crippen LogP contribution in [0, 0.1) is 0 Å². The van der Waals surface area contributed by atoms with E-state index in [1.165, 1.54) is 92.2 Å². The molecule has 256 valence electrons. The number of nitrogens with zero attached hydrogens (tertiary/aromatic N) is 2. The second kappa shape index (κ2) is 12.5. The summed E-state index contributed by atoms with van der Waals surface area (Å²) < 4.78 is 2.38. The van der Waals surface area contributed by atoms with Crippen molar-refractivity contribution in [3.8, 4) is 27.9 Å². The third kappa shape index (κ3) is 5.24. The van der Waals surface area contributed by atoms with E-state index in [2.05, 4.69) is 193 Å². The molecule has 0 radical (unpaired) electrons. The lowest BCUT2D eigenvalue weighted by atomic mass is 9.77. The third-order valence-corrected chi connectivity index (χ3v) is 11.9. The van der Waals surface area contributed by atoms with E-state index in [0.29, 0.717) is 0 Å². The van der Waals surface area contributed by atoms with Gasteiger partial charge >= 0.3 is 0 Å². The predicted octanol–water partition coefficient (Wildman–Crippen LogP) is 14.2. The Labute approximate surface area is 312 Å². The van der Waals surface area contributed by atoms with Crippen LogP contribution in [0.5, 0.6) is 0 Å². The lowest BCUT2D eigenvalue weighted by Crippen LogP contribution is -2.19. The van der Waals surface area contributed by atoms with Crippen LogP contribution in [0.15, 0.2) is 175 Å². The summed E-state index contributed by atoms with van der Waals surface area (Å²) in [6.07, 6.45) is 5.02. The van der Waals surface area contributed by atoms with E-state index in [1.807, 2.05) is 0 Å². The number of hydrogen-bond acceptors (Lipinski definition) is 1. The average molecular weight is 683 g/mol. The summed E-state index contributed by atoms with van der Waals surface area (Å²) >= 11 is 0. The fourth-order valence-corrected chi connectivity index (χ4v) is 9.20. The largest absolute Gasteiger partial charge is 0.310 e. The minimum atomic E-state index is 0.0517. The molecule has 0 unspecified atom stereocenters. The van der Waals surface area contributed by atoms with Crippen LogP contribution >= 0.6 is 0 Å². The monoisotopic (exact) mass is 682 g/mol. The highest BCUT2D eigenvalue weighted by Crippen LogP contribution is 2.53. The lowest BCUT2D eigenvalue weighted by molar-refractivity contribution is 0.574. The van der Waals surface area contributed by atoms with Crippen LogP contribution < -0.4 is 4.90 Å². The molecular formula is C51H42N2. The first-order valence-electron chi connectivity index (χ1n) is 19.1. The van der Waals surface area contributed by atoms with Crippen molar-refractivity contribution in [2.45, 2.75) is 44.9 Å². The maximum absolute atomic E-state index is 2.48. The van der Waals surface area contributed by atoms with Gasteiger partial charge in [-0.1, -0.05) is 123 Å². The van der Waals surface area contributed by atoms with Gasteiger partial charge in [0.1, 0.15) is 0 Å². The molecule has 0 spiro atoms. The zero-order valence-electron chi connectivity index (χ0n) is 30.4. The van der Waals surface area contributed by atoms with Gasteiger partial charge in [0.2, 0.25) is 0 Å². The van der Waals surface area contributed by atoms with Crippen molar-refractivity contribution in [3.63, 3.8) is 0 Å². The maximum Gasteiger partial charge on any atom is 0.0541 e. The molecule has 0 saturated carbocycles. The van der Waals surface area contributed by atoms with Gasteiger partial charge < -0.3 is 9.47 Å². The van der Waals surface area contributed by atoms with E-state index < -0.39 is 0 Å². The number of benzene rings is 7. The molecule has 0 aliphatic heterocycles. The number of rotatable bonds is 6. The highest BCUT2D eigenvalue weighted by molar-refractivity contribution is 6.10. The first-order valence-corrected chi connectivity index (χ1v) is 19.1. The molecule has 0 atom stereocenters. The van der Waals surface area contributed by atoms with Gasteiger partial charge in [-0.25, -0.2) is 0 Å². The number of para-hydroxylation sites is 2. The van der Waals surface area contributed by atoms with E-state index in [-0.39, 0.29) is 5.41 Å². The Morgan fingerprint density at radius 2 is 1.04 bits per heavy atom. The number of hydrogen-bond donors (Lipinski definition) is 0. The van der Waals surface area contributed by atoms with Crippen molar-refractivity contribution >= 4 is 44.4 Å². The van der Waals surface area contributed by atoms with Gasteiger partial charge in [-0.3, -0.25) is 0 Å². The standard InChI is InChI=1S/C51H42N2/c1-51(2)47-19-11-9-17-43(47)44-31-30-42(34-48(44)51)52(40-26-21-36(22-27-40)35-13-5-3-6-14-35)41-28-23-37(24-29-41)38-25-32-50-46(33-38)45-18-10-12-20-49(45)53(50)39-15-7-4-8-16-39/h3-8,10,12-16,18,20-34H,9,11,17,19H2,1-2H3. The Morgan fingerprint density at radius 1 is 0.472 bits per heavy atom. The van der Waals surface area contributed by atoms with Crippen molar-refractivity contribution in [3.05, 3.63) is 187 Å². The van der Waals surface area contributed by atoms with Gasteiger partial charge in [-0.05, 0) is 131 Å². The van der Waals surface area contributed by atoms with Crippen LogP contribution in [0.1, 0.15) is 50.7 Å². The second-order valence-corrected chi connectivity index (χ2v) is 15.2. The van der Waals surface area contributed by atoms with Crippen molar-refractivity contribution in [1.82, 2.24) is 4.57 Å². The minimum Gasteiger partial charge on any atom is -0.310 e. The zero-order valence-corrected chi connectivity index (χ0v) is 30.4. The van der Waals surface area contributed by atoms with Crippen LogP contribution in [-0.4, -0.2) is 4.57 Å². The lowest BCUT2D eigenvalue weighted by Gasteiger charge is -2.29. The normalized spacial score (nSPS) is 14.8. The van der Waals surface area contributed by atoms with E-state index in [0.717, 1.165) is 11.4 Å². The molecule has 0 saturated heterocycles. The predicted molar refractivity (Wildman–Crippen MR) is 225 cm³/mol. The Morgan fingerprint density at radius 3 is 1.77 bits per heavy atom. The molecule has 53 heavy (non-hydrogen) atoms. The smallest absolute Gasteiger partial charge is 0.0541 e. The highest BCUT2D eigenvalue weighted by atomic mass is 15.1. The number of anilines is 3. The van der Waals surface area contributed by atoms with Crippen LogP contribution in [-0.2, 0) is 5.41 Å². The molecule has 2 aliphatic carbocycles. The summed E-state index contributed by atoms with van der Waals surface area (Å²) in [5, 5.41) is 2.54. The van der Waals surface area contributed by atoms with Crippen LogP contribution in [0.3, 0.4) is 0 Å². The summed E-state index contributed by atoms with van der Waals surface area (Å²) in [7, 11) is 0. The van der Waals surface area contributed by atoms with Crippen molar-refractivity contribution < 1.29 is 0 Å². The summed E-state index contributed by atoms with van der Waals surface area (Å²) in [6.45, 7) is 4.87. The molecule has 1 aromatic heterocycles. The molecule has 1 heterocycles. The van der Waals surface area contributed by atoms with Crippen LogP contribution in [0.2, 0.25) is 0 Å². The molecule has 2 nitrogen and oxygen atoms in total. The maximum atomic E-state index is 2.48. The summed E-state index contributed by atoms with van der Waals surface area (Å²) in [5.41, 5.74) is 18.3. The Bertz CT molecular complexity index is 2660. The molecule has 8 aromatic rings. The van der Waals surface area contributed by atoms with Gasteiger partial charge in [-0.2, -0.15) is 0 Å². The van der Waals surface area contributed by atoms with Crippen molar-refractivity contribution in [2.24, 2.45) is 0 Å². The molecule has 2 heteroatoms. The van der Waals surface area contributed by atoms with E-state index in [4.69, 9.17) is 0 Å². The van der Waals surface area contributed by atoms with E-state index in [1.54, 1.807) is 11.1 Å². The van der Waals surface area contributed by atoms with Gasteiger partial charge in [-0.15, -0.1) is 0 Å². The molecular weight excluding hydrogens is 641 g/mol. The molecule has 0 fully saturated rings. The fraction of sp³-hybridized carbons (Fsp3) is 0.137. The highest BCUT2D eigenvalue weighted by Gasteiger charge is 2.38. The van der Waals surface area contributed by atoms with Gasteiger partial charge in [0.25, 0.3) is 0 Å². The summed E-state index contributed by atoms with van der Waals surface area (Å²) in [5.74, 6) is 0. The van der Waals surface area contributed by atoms with Crippen LogP contribution in [0.25, 0.3) is 55.3 Å². The molecule has 0 N–H and O–H groups in total. The van der Waals surface area contributed by atoms with Gasteiger partial charge in [0.05, 0.1) is 11.0 Å². The van der Waals surface area contributed by atoms with Crippen molar-refractivity contribution in [1.29, 1.82) is 0 Å². The van der Waals surface area contributed by atoms with E-state index >= 15 is 0 Å².